The quantitative estimate of drug-likeness (QED) is 0.351. The molecule has 0 fully saturated rings. The summed E-state index contributed by atoms with van der Waals surface area (Å²) < 4.78 is 38.6. The molecule has 33 heavy (non-hydrogen) atoms. The zero-order valence-corrected chi connectivity index (χ0v) is 19.7. The number of halogens is 3. The lowest BCUT2D eigenvalue weighted by Gasteiger charge is -2.20. The van der Waals surface area contributed by atoms with E-state index in [2.05, 4.69) is 6.07 Å². The number of rotatable bonds is 7. The summed E-state index contributed by atoms with van der Waals surface area (Å²) in [6, 6.07) is 11.4. The van der Waals surface area contributed by atoms with Gasteiger partial charge in [0.1, 0.15) is 5.01 Å². The number of carboxylic acid groups (broad SMARTS) is 1. The molecule has 174 valence electrons. The Morgan fingerprint density at radius 2 is 1.97 bits per heavy atom. The largest absolute Gasteiger partial charge is 0.481 e. The minimum absolute atomic E-state index is 0.128. The van der Waals surface area contributed by atoms with Crippen LogP contribution in [-0.2, 0) is 23.8 Å². The molecule has 0 saturated heterocycles. The fourth-order valence-electron chi connectivity index (χ4n) is 4.07. The molecule has 1 atom stereocenters. The maximum absolute atomic E-state index is 12.9. The number of carbonyl (C=O) groups is 1. The molecule has 0 aliphatic heterocycles. The minimum Gasteiger partial charge on any atom is -0.481 e. The molecule has 0 unspecified atom stereocenters. The first-order valence-corrected chi connectivity index (χ1v) is 12.6. The third kappa shape index (κ3) is 5.79. The van der Waals surface area contributed by atoms with E-state index in [9.17, 15) is 18.0 Å². The number of fused-ring (bicyclic) bond motifs is 1. The Morgan fingerprint density at radius 1 is 1.21 bits per heavy atom. The van der Waals surface area contributed by atoms with Crippen molar-refractivity contribution in [3.8, 4) is 10.6 Å². The number of thiazole rings is 1. The third-order valence-corrected chi connectivity index (χ3v) is 8.24. The van der Waals surface area contributed by atoms with Crippen LogP contribution in [0.15, 0.2) is 47.4 Å². The Balaban J connectivity index is 1.45. The molecule has 4 rings (SSSR count). The average Bonchev–Trinajstić information content (AvgIpc) is 3.21. The van der Waals surface area contributed by atoms with Crippen molar-refractivity contribution in [3.63, 3.8) is 0 Å². The Kier molecular flexibility index (Phi) is 7.14. The number of thioether (sulfide) groups is 1. The molecule has 8 heteroatoms. The lowest BCUT2D eigenvalue weighted by atomic mass is 9.93. The minimum atomic E-state index is -4.34. The van der Waals surface area contributed by atoms with E-state index in [1.54, 1.807) is 23.1 Å². The summed E-state index contributed by atoms with van der Waals surface area (Å²) in [5.41, 5.74) is 3.32. The Labute approximate surface area is 199 Å². The van der Waals surface area contributed by atoms with Gasteiger partial charge in [-0.05, 0) is 68.0 Å². The topological polar surface area (TPSA) is 50.2 Å². The van der Waals surface area contributed by atoms with E-state index in [1.165, 1.54) is 17.0 Å². The highest BCUT2D eigenvalue weighted by atomic mass is 32.2. The second kappa shape index (κ2) is 9.89. The number of nitrogens with zero attached hydrogens (tertiary/aromatic N) is 1. The van der Waals surface area contributed by atoms with E-state index in [-0.39, 0.29) is 6.42 Å². The summed E-state index contributed by atoms with van der Waals surface area (Å²) in [5.74, 6) is 0.405. The van der Waals surface area contributed by atoms with Crippen molar-refractivity contribution in [2.45, 2.75) is 56.0 Å². The zero-order chi connectivity index (χ0) is 23.6. The fraction of sp³-hybridized carbons (Fsp3) is 0.360. The third-order valence-electron chi connectivity index (χ3n) is 5.90. The van der Waals surface area contributed by atoms with E-state index in [0.717, 1.165) is 69.4 Å². The zero-order valence-electron chi connectivity index (χ0n) is 18.1. The second-order valence-electron chi connectivity index (χ2n) is 8.28. The highest BCUT2D eigenvalue weighted by Gasteiger charge is 2.30. The molecule has 3 aromatic rings. The molecule has 1 heterocycles. The van der Waals surface area contributed by atoms with Crippen molar-refractivity contribution in [1.29, 1.82) is 0 Å². The number of aliphatic carboxylic acids is 1. The summed E-state index contributed by atoms with van der Waals surface area (Å²) in [5, 5.41) is 9.68. The lowest BCUT2D eigenvalue weighted by Crippen LogP contribution is -2.10. The van der Waals surface area contributed by atoms with Crippen LogP contribution < -0.4 is 0 Å². The van der Waals surface area contributed by atoms with Gasteiger partial charge >= 0.3 is 12.1 Å². The standard InChI is InChI=1S/C25H24F3NO2S2/c1-15-13-20(11-7-16(15)8-12-22(30)31)32-14-18-3-2-4-21-23(18)29-24(33-21)17-5-9-19(10-6-17)25(26,27)28/h5-7,9-11,13,18H,2-4,8,12,14H2,1H3,(H,30,31)/t18-/m1/s1. The molecule has 2 aromatic carbocycles. The van der Waals surface area contributed by atoms with Crippen molar-refractivity contribution < 1.29 is 23.1 Å². The molecule has 0 bridgehead atoms. The first-order valence-electron chi connectivity index (χ1n) is 10.8. The van der Waals surface area contributed by atoms with Crippen LogP contribution in [0.25, 0.3) is 10.6 Å². The molecule has 3 nitrogen and oxygen atoms in total. The highest BCUT2D eigenvalue weighted by Crippen LogP contribution is 2.41. The summed E-state index contributed by atoms with van der Waals surface area (Å²) in [4.78, 5) is 18.1. The summed E-state index contributed by atoms with van der Waals surface area (Å²) in [6.45, 7) is 2.01. The number of aromatic nitrogens is 1. The predicted octanol–water partition coefficient (Wildman–Crippen LogP) is 7.37. The first-order chi connectivity index (χ1) is 15.7. The molecular formula is C25H24F3NO2S2. The molecule has 1 N–H and O–H groups in total. The van der Waals surface area contributed by atoms with E-state index in [4.69, 9.17) is 10.1 Å². The highest BCUT2D eigenvalue weighted by molar-refractivity contribution is 7.99. The number of carboxylic acids is 1. The number of benzene rings is 2. The van der Waals surface area contributed by atoms with E-state index in [0.29, 0.717) is 12.3 Å². The van der Waals surface area contributed by atoms with E-state index in [1.807, 2.05) is 19.1 Å². The predicted molar refractivity (Wildman–Crippen MR) is 126 cm³/mol. The van der Waals surface area contributed by atoms with Crippen LogP contribution in [0.5, 0.6) is 0 Å². The van der Waals surface area contributed by atoms with Gasteiger partial charge in [-0.25, -0.2) is 4.98 Å². The van der Waals surface area contributed by atoms with Gasteiger partial charge in [0, 0.05) is 33.4 Å². The number of hydrogen-bond acceptors (Lipinski definition) is 4. The SMILES string of the molecule is Cc1cc(SC[C@H]2CCCc3sc(-c4ccc(C(F)(F)F)cc4)nc32)ccc1CCC(=O)O. The summed E-state index contributed by atoms with van der Waals surface area (Å²) in [7, 11) is 0. The summed E-state index contributed by atoms with van der Waals surface area (Å²) >= 11 is 3.36. The molecule has 0 spiro atoms. The van der Waals surface area contributed by atoms with Gasteiger partial charge in [-0.2, -0.15) is 13.2 Å². The Bertz CT molecular complexity index is 1140. The van der Waals surface area contributed by atoms with Crippen molar-refractivity contribution in [1.82, 2.24) is 4.98 Å². The Morgan fingerprint density at radius 3 is 2.64 bits per heavy atom. The van der Waals surface area contributed by atoms with Gasteiger partial charge in [-0.15, -0.1) is 23.1 Å². The monoisotopic (exact) mass is 491 g/mol. The van der Waals surface area contributed by atoms with Crippen LogP contribution in [0.4, 0.5) is 13.2 Å². The van der Waals surface area contributed by atoms with Crippen LogP contribution >= 0.6 is 23.1 Å². The van der Waals surface area contributed by atoms with Crippen LogP contribution in [0, 0.1) is 6.92 Å². The van der Waals surface area contributed by atoms with Gasteiger partial charge in [-0.3, -0.25) is 4.79 Å². The smallest absolute Gasteiger partial charge is 0.416 e. The molecule has 1 aliphatic carbocycles. The van der Waals surface area contributed by atoms with Crippen LogP contribution in [0.1, 0.15) is 52.4 Å². The molecule has 0 saturated carbocycles. The summed E-state index contributed by atoms with van der Waals surface area (Å²) in [6.07, 6.45) is -0.583. The van der Waals surface area contributed by atoms with Crippen LogP contribution in [0.3, 0.4) is 0 Å². The van der Waals surface area contributed by atoms with Gasteiger partial charge in [0.05, 0.1) is 11.3 Å². The second-order valence-corrected chi connectivity index (χ2v) is 10.5. The van der Waals surface area contributed by atoms with Gasteiger partial charge in [0.15, 0.2) is 0 Å². The maximum atomic E-state index is 12.9. The maximum Gasteiger partial charge on any atom is 0.416 e. The van der Waals surface area contributed by atoms with Crippen molar-refractivity contribution >= 4 is 29.1 Å². The van der Waals surface area contributed by atoms with E-state index >= 15 is 0 Å². The molecule has 1 aromatic heterocycles. The van der Waals surface area contributed by atoms with Gasteiger partial charge < -0.3 is 5.11 Å². The molecule has 0 amide bonds. The Hall–Kier alpha value is -2.32. The molecule has 1 aliphatic rings. The van der Waals surface area contributed by atoms with E-state index < -0.39 is 17.7 Å². The van der Waals surface area contributed by atoms with Crippen LogP contribution in [0.2, 0.25) is 0 Å². The number of aryl methyl sites for hydroxylation is 3. The first kappa shape index (κ1) is 23.8. The van der Waals surface area contributed by atoms with Gasteiger partial charge in [0.25, 0.3) is 0 Å². The van der Waals surface area contributed by atoms with Crippen LogP contribution in [-0.4, -0.2) is 21.8 Å². The number of hydrogen-bond donors (Lipinski definition) is 1. The van der Waals surface area contributed by atoms with Crippen molar-refractivity contribution in [3.05, 3.63) is 69.7 Å². The normalized spacial score (nSPS) is 15.9. The van der Waals surface area contributed by atoms with Gasteiger partial charge in [0.2, 0.25) is 0 Å². The molecule has 0 radical (unpaired) electrons. The fourth-order valence-corrected chi connectivity index (χ4v) is 6.41. The average molecular weight is 492 g/mol. The van der Waals surface area contributed by atoms with Crippen molar-refractivity contribution in [2.75, 3.05) is 5.75 Å². The van der Waals surface area contributed by atoms with Gasteiger partial charge in [-0.1, -0.05) is 18.2 Å². The molecular weight excluding hydrogens is 467 g/mol. The number of alkyl halides is 3. The lowest BCUT2D eigenvalue weighted by molar-refractivity contribution is -0.138. The van der Waals surface area contributed by atoms with Crippen molar-refractivity contribution in [2.24, 2.45) is 0 Å².